The number of halogens is 4. The highest BCUT2D eigenvalue weighted by molar-refractivity contribution is 7.98. The standard InChI is InChI=1S/C6H15N.C5H13N.3C5H12.3C4H10.C3H6F2.2C3H7F.C3H5N.C3H8OS.C3H8O.C3H8/c1-5-6(2)7(3)4;1-4-5-6(2)3;3*1-4-5(2)3;3*1-3-4-2;1-3(2,4)5;1-3(2)4;2*1-2-3-4;1-5(2,3)4;1-3-4-2;1-3-2/h6H,5H2,1-4H3;4-5H2,1-3H3;3*5H,4H2,1-3H3;3*3-4H2,1-2H3;1-2H3;3H,1-2H3;2-3H2,1H3;2H2,1H3;1H2,2-3H3;3H2,1-2H3;3H2,1-2H3. The molecule has 1 atom stereocenters. The number of ether oxygens (including phenoxy) is 1. The van der Waals surface area contributed by atoms with Gasteiger partial charge in [-0.2, -0.15) is 5.26 Å². The fraction of sp³-hybridized carbons (Fsp3) is 0.966. The van der Waals surface area contributed by atoms with Crippen molar-refractivity contribution in [1.29, 1.82) is 5.26 Å². The van der Waals surface area contributed by atoms with Crippen molar-refractivity contribution in [3.63, 3.8) is 0 Å². The van der Waals surface area contributed by atoms with E-state index in [1.807, 2.05) is 19.9 Å². The Morgan fingerprint density at radius 3 is 0.739 bits per heavy atom. The summed E-state index contributed by atoms with van der Waals surface area (Å²) in [4.78, 5) is 4.40. The molecule has 5 nitrogen and oxygen atoms in total. The van der Waals surface area contributed by atoms with Crippen LogP contribution >= 0.6 is 0 Å². The highest BCUT2D eigenvalue weighted by atomic mass is 32.2. The molecule has 10 heteroatoms. The first-order valence-corrected chi connectivity index (χ1v) is 30.0. The lowest BCUT2D eigenvalue weighted by atomic mass is 10.2. The van der Waals surface area contributed by atoms with E-state index in [4.69, 9.17) is 5.26 Å². The Kier molecular flexibility index (Phi) is 177. The summed E-state index contributed by atoms with van der Waals surface area (Å²) in [5.74, 6) is 3.45. The van der Waals surface area contributed by atoms with Gasteiger partial charge in [0, 0.05) is 38.7 Å². The molecule has 0 radical (unpaired) electrons. The third-order valence-corrected chi connectivity index (χ3v) is 6.73. The van der Waals surface area contributed by atoms with Crippen LogP contribution in [0.2, 0.25) is 0 Å². The molecule has 0 fully saturated rings. The molecule has 1 unspecified atom stereocenters. The smallest absolute Gasteiger partial charge is 0.242 e. The Morgan fingerprint density at radius 1 is 0.580 bits per heavy atom. The Morgan fingerprint density at radius 2 is 0.739 bits per heavy atom. The van der Waals surface area contributed by atoms with Crippen molar-refractivity contribution < 1.29 is 26.5 Å². The molecule has 0 saturated carbocycles. The van der Waals surface area contributed by atoms with Crippen LogP contribution < -0.4 is 0 Å². The second-order valence-corrected chi connectivity index (χ2v) is 21.6. The fourth-order valence-corrected chi connectivity index (χ4v) is 0.812. The Hall–Kier alpha value is -0.890. The van der Waals surface area contributed by atoms with E-state index in [0.717, 1.165) is 44.2 Å². The van der Waals surface area contributed by atoms with E-state index in [-0.39, 0.29) is 6.67 Å². The summed E-state index contributed by atoms with van der Waals surface area (Å²) >= 11 is 0. The predicted molar refractivity (Wildman–Crippen MR) is 325 cm³/mol. The molecular formula is C59H143F4N3O2S. The van der Waals surface area contributed by atoms with Gasteiger partial charge in [-0.15, -0.1) is 0 Å². The molecule has 0 aliphatic rings. The van der Waals surface area contributed by atoms with Gasteiger partial charge in [0.05, 0.1) is 18.9 Å². The van der Waals surface area contributed by atoms with Gasteiger partial charge in [0.2, 0.25) is 5.92 Å². The van der Waals surface area contributed by atoms with Crippen molar-refractivity contribution in [1.82, 2.24) is 9.80 Å². The molecule has 440 valence electrons. The van der Waals surface area contributed by atoms with E-state index in [2.05, 4.69) is 187 Å². The van der Waals surface area contributed by atoms with Crippen LogP contribution in [-0.2, 0) is 14.3 Å². The summed E-state index contributed by atoms with van der Waals surface area (Å²) in [7, 11) is 8.40. The van der Waals surface area contributed by atoms with E-state index in [1.54, 1.807) is 26.5 Å². The molecule has 0 aromatic carbocycles. The third-order valence-electron chi connectivity index (χ3n) is 6.73. The van der Waals surface area contributed by atoms with Crippen molar-refractivity contribution in [2.75, 3.05) is 67.6 Å². The van der Waals surface area contributed by atoms with Gasteiger partial charge in [-0.05, 0) is 129 Å². The zero-order chi connectivity index (χ0) is 59.5. The molecule has 69 heavy (non-hydrogen) atoms. The van der Waals surface area contributed by atoms with Crippen LogP contribution in [0.15, 0.2) is 0 Å². The van der Waals surface area contributed by atoms with Crippen LogP contribution in [-0.4, -0.2) is 106 Å². The molecule has 0 aromatic heterocycles. The van der Waals surface area contributed by atoms with Gasteiger partial charge >= 0.3 is 0 Å². The van der Waals surface area contributed by atoms with Gasteiger partial charge in [0.15, 0.2) is 0 Å². The van der Waals surface area contributed by atoms with Gasteiger partial charge < -0.3 is 14.5 Å². The molecule has 0 heterocycles. The van der Waals surface area contributed by atoms with Crippen LogP contribution in [0.5, 0.6) is 0 Å². The van der Waals surface area contributed by atoms with Crippen LogP contribution in [0.1, 0.15) is 277 Å². The topological polar surface area (TPSA) is 56.6 Å². The van der Waals surface area contributed by atoms with Crippen LogP contribution in [0.4, 0.5) is 17.6 Å². The van der Waals surface area contributed by atoms with E-state index < -0.39 is 21.6 Å². The molecule has 0 amide bonds. The molecule has 0 spiro atoms. The van der Waals surface area contributed by atoms with Gasteiger partial charge in [-0.1, -0.05) is 210 Å². The highest BCUT2D eigenvalue weighted by Crippen LogP contribution is 2.06. The minimum Gasteiger partial charge on any atom is -0.385 e. The molecule has 0 aliphatic heterocycles. The molecule has 0 N–H and O–H groups in total. The maximum absolute atomic E-state index is 11.0. The van der Waals surface area contributed by atoms with Gasteiger partial charge in [0.25, 0.3) is 0 Å². The fourth-order valence-electron chi connectivity index (χ4n) is 0.812. The monoisotopic (exact) mass is 1030 g/mol. The average molecular weight is 1030 g/mol. The molecule has 0 rings (SSSR count). The quantitative estimate of drug-likeness (QED) is 0.144. The number of rotatable bonds is 12. The third kappa shape index (κ3) is 703. The second-order valence-electron chi connectivity index (χ2n) is 18.7. The SMILES string of the molecule is C=S(C)(C)=O.CC(C)(F)F.CC(C)F.CCC.CCC#N.CCC(C)C.CCC(C)C.CCC(C)C.CCC(C)N(C)C.CCCC.CCCC.CCCC.CCCF.CCCN(C)C.CCOC. The highest BCUT2D eigenvalue weighted by Gasteiger charge is 2.08. The van der Waals surface area contributed by atoms with E-state index in [0.29, 0.717) is 12.8 Å². The normalized spacial score (nSPS) is 9.43. The second kappa shape index (κ2) is 112. The molecule has 0 saturated heterocycles. The summed E-state index contributed by atoms with van der Waals surface area (Å²) in [5.41, 5.74) is 0. The van der Waals surface area contributed by atoms with Gasteiger partial charge in [-0.3, -0.25) is 8.60 Å². The first kappa shape index (κ1) is 109. The number of alkyl halides is 4. The minimum atomic E-state index is -2.50. The van der Waals surface area contributed by atoms with Crippen LogP contribution in [0.3, 0.4) is 0 Å². The Bertz CT molecular complexity index is 732. The number of unbranched alkanes of at least 4 members (excludes halogenated alkanes) is 3. The zero-order valence-electron chi connectivity index (χ0n) is 54.7. The Labute approximate surface area is 441 Å². The van der Waals surface area contributed by atoms with Crippen molar-refractivity contribution in [3.05, 3.63) is 0 Å². The van der Waals surface area contributed by atoms with Crippen molar-refractivity contribution in [3.8, 4) is 6.07 Å². The zero-order valence-corrected chi connectivity index (χ0v) is 55.5. The number of hydrogen-bond donors (Lipinski definition) is 0. The minimum absolute atomic E-state index is 0.181. The number of nitriles is 1. The number of methoxy groups -OCH3 is 1. The Balaban J connectivity index is -0.0000000350. The predicted octanol–water partition coefficient (Wildman–Crippen LogP) is 21.2. The van der Waals surface area contributed by atoms with E-state index in [9.17, 15) is 21.8 Å². The van der Waals surface area contributed by atoms with Crippen LogP contribution in [0.25, 0.3) is 0 Å². The van der Waals surface area contributed by atoms with E-state index >= 15 is 0 Å². The summed E-state index contributed by atoms with van der Waals surface area (Å²) in [6, 6.07) is 2.67. The van der Waals surface area contributed by atoms with Gasteiger partial charge in [-0.25, -0.2) is 13.2 Å². The lowest BCUT2D eigenvalue weighted by molar-refractivity contribution is 0.0437. The maximum atomic E-state index is 11.0. The molecule has 0 aliphatic carbocycles. The lowest BCUT2D eigenvalue weighted by Crippen LogP contribution is -2.23. The lowest BCUT2D eigenvalue weighted by Gasteiger charge is -2.16. The van der Waals surface area contributed by atoms with Crippen molar-refractivity contribution in [2.45, 2.75) is 295 Å². The number of nitrogens with zero attached hydrogens (tertiary/aromatic N) is 3. The summed E-state index contributed by atoms with van der Waals surface area (Å²) in [5, 5.41) is 7.62. The molecule has 0 aromatic rings. The first-order valence-electron chi connectivity index (χ1n) is 27.4. The average Bonchev–Trinajstić information content (AvgIpc) is 3.26. The molecule has 0 bridgehead atoms. The summed E-state index contributed by atoms with van der Waals surface area (Å²) < 4.78 is 58.4. The molecular weight excluding hydrogens is 891 g/mol. The van der Waals surface area contributed by atoms with Crippen molar-refractivity contribution in [2.24, 2.45) is 17.8 Å². The van der Waals surface area contributed by atoms with Crippen LogP contribution in [0, 0.1) is 29.1 Å². The summed E-state index contributed by atoms with van der Waals surface area (Å²) in [6.07, 6.45) is 19.4. The summed E-state index contributed by atoms with van der Waals surface area (Å²) in [6.45, 7) is 56.0. The first-order chi connectivity index (χ1) is 31.4. The number of hydrogen-bond acceptors (Lipinski definition) is 5. The maximum Gasteiger partial charge on any atom is 0.242 e. The van der Waals surface area contributed by atoms with Crippen molar-refractivity contribution >= 4 is 15.4 Å². The van der Waals surface area contributed by atoms with E-state index in [1.165, 1.54) is 97.4 Å². The largest absolute Gasteiger partial charge is 0.385 e. The van der Waals surface area contributed by atoms with Gasteiger partial charge in [0.1, 0.15) is 0 Å².